The Hall–Kier alpha value is -4.73. The van der Waals surface area contributed by atoms with Crippen molar-refractivity contribution in [2.45, 2.75) is 62.7 Å². The maximum Gasteiger partial charge on any atom is 0.326 e. The minimum absolute atomic E-state index is 0.0112. The molecule has 0 unspecified atom stereocenters. The minimum Gasteiger partial charge on any atom is -0.508 e. The Morgan fingerprint density at radius 3 is 1.64 bits per heavy atom. The van der Waals surface area contributed by atoms with Crippen molar-refractivity contribution in [3.63, 3.8) is 0 Å². The quantitative estimate of drug-likeness (QED) is 0.0909. The van der Waals surface area contributed by atoms with Crippen molar-refractivity contribution in [3.8, 4) is 5.75 Å². The first kappa shape index (κ1) is 32.3. The molecule has 0 bridgehead atoms. The summed E-state index contributed by atoms with van der Waals surface area (Å²) in [5, 5.41) is 25.3. The van der Waals surface area contributed by atoms with E-state index in [1.54, 1.807) is 12.1 Å². The summed E-state index contributed by atoms with van der Waals surface area (Å²) in [5.74, 6) is -7.02. The lowest BCUT2D eigenvalue weighted by molar-refractivity contribution is -0.142. The maximum absolute atomic E-state index is 13.0. The third-order valence-corrected chi connectivity index (χ3v) is 5.37. The number of rotatable bonds is 17. The molecule has 0 radical (unpaired) electrons. The molecular formula is C23H33N7O9. The van der Waals surface area contributed by atoms with Gasteiger partial charge in [0.1, 0.15) is 23.9 Å². The molecule has 16 nitrogen and oxygen atoms in total. The van der Waals surface area contributed by atoms with Crippen LogP contribution in [0.4, 0.5) is 0 Å². The van der Waals surface area contributed by atoms with Gasteiger partial charge < -0.3 is 49.1 Å². The molecule has 6 amide bonds. The van der Waals surface area contributed by atoms with Crippen LogP contribution in [0.3, 0.4) is 0 Å². The molecule has 1 aromatic carbocycles. The van der Waals surface area contributed by atoms with E-state index in [4.69, 9.17) is 22.9 Å². The summed E-state index contributed by atoms with van der Waals surface area (Å²) < 4.78 is 0. The van der Waals surface area contributed by atoms with Gasteiger partial charge in [-0.05, 0) is 37.0 Å². The van der Waals surface area contributed by atoms with Gasteiger partial charge in [0.15, 0.2) is 0 Å². The van der Waals surface area contributed by atoms with Gasteiger partial charge in [-0.1, -0.05) is 12.1 Å². The number of carbonyl (C=O) groups is 7. The van der Waals surface area contributed by atoms with Gasteiger partial charge in [-0.25, -0.2) is 4.79 Å². The number of phenolic OH excluding ortho intramolecular Hbond substituents is 1. The number of hydrogen-bond acceptors (Lipinski definition) is 9. The highest BCUT2D eigenvalue weighted by molar-refractivity contribution is 5.96. The Balaban J connectivity index is 3.01. The second-order valence-corrected chi connectivity index (χ2v) is 8.68. The van der Waals surface area contributed by atoms with E-state index < -0.39 is 72.0 Å². The van der Waals surface area contributed by atoms with E-state index in [-0.39, 0.29) is 37.9 Å². The number of aliphatic carboxylic acids is 1. The number of phenols is 1. The smallest absolute Gasteiger partial charge is 0.326 e. The van der Waals surface area contributed by atoms with Crippen LogP contribution < -0.4 is 38.9 Å². The summed E-state index contributed by atoms with van der Waals surface area (Å²) >= 11 is 0. The fourth-order valence-electron chi connectivity index (χ4n) is 3.31. The Morgan fingerprint density at radius 1 is 0.692 bits per heavy atom. The molecule has 1 rings (SSSR count). The van der Waals surface area contributed by atoms with Crippen molar-refractivity contribution < 1.29 is 43.8 Å². The third-order valence-electron chi connectivity index (χ3n) is 5.37. The highest BCUT2D eigenvalue weighted by Gasteiger charge is 2.31. The predicted octanol–water partition coefficient (Wildman–Crippen LogP) is -3.79. The number of carbonyl (C=O) groups excluding carboxylic acids is 6. The van der Waals surface area contributed by atoms with E-state index in [1.807, 2.05) is 0 Å². The number of hydrogen-bond donors (Lipinski definition) is 9. The number of amides is 6. The summed E-state index contributed by atoms with van der Waals surface area (Å²) in [7, 11) is 0. The zero-order chi connectivity index (χ0) is 29.7. The van der Waals surface area contributed by atoms with E-state index in [2.05, 4.69) is 16.0 Å². The monoisotopic (exact) mass is 551 g/mol. The van der Waals surface area contributed by atoms with Gasteiger partial charge in [0, 0.05) is 12.8 Å². The van der Waals surface area contributed by atoms with Crippen LogP contribution in [0.1, 0.15) is 37.7 Å². The fourth-order valence-corrected chi connectivity index (χ4v) is 3.31. The second kappa shape index (κ2) is 15.5. The molecule has 0 fully saturated rings. The number of nitrogens with one attached hydrogen (secondary N) is 3. The van der Waals surface area contributed by atoms with Gasteiger partial charge in [0.05, 0.1) is 12.5 Å². The molecule has 0 aliphatic carbocycles. The Morgan fingerprint density at radius 2 is 1.15 bits per heavy atom. The number of carboxylic acids is 1. The first-order valence-corrected chi connectivity index (χ1v) is 11.7. The number of carboxylic acid groups (broad SMARTS) is 1. The Bertz CT molecular complexity index is 1080. The van der Waals surface area contributed by atoms with Crippen molar-refractivity contribution in [3.05, 3.63) is 29.8 Å². The molecule has 0 saturated heterocycles. The van der Waals surface area contributed by atoms with Crippen LogP contribution in [0, 0.1) is 0 Å². The molecule has 4 atom stereocenters. The number of nitrogens with two attached hydrogens (primary N) is 4. The van der Waals surface area contributed by atoms with Gasteiger partial charge in [-0.3, -0.25) is 28.8 Å². The number of primary amides is 3. The molecular weight excluding hydrogens is 518 g/mol. The highest BCUT2D eigenvalue weighted by Crippen LogP contribution is 2.11. The standard InChI is InChI=1S/C23H33N7O9/c24-13(9-11-1-3-12(31)4-2-11)20(35)28-14(5-7-17(25)32)21(36)30-16(10-19(27)34)22(37)29-15(23(38)39)6-8-18(26)33/h1-4,13-16,31H,5-10,24H2,(H2,25,32)(H2,26,33)(H2,27,34)(H,28,35)(H,29,37)(H,30,36)(H,38,39)/t13-,14-,15-,16-/m0/s1. The molecule has 0 heterocycles. The molecule has 214 valence electrons. The molecule has 0 aliphatic heterocycles. The van der Waals surface area contributed by atoms with Crippen LogP contribution in [0.2, 0.25) is 0 Å². The Kier molecular flexibility index (Phi) is 12.8. The lowest BCUT2D eigenvalue weighted by Gasteiger charge is -2.24. The van der Waals surface area contributed by atoms with Crippen LogP contribution in [-0.2, 0) is 40.0 Å². The van der Waals surface area contributed by atoms with Gasteiger partial charge in [-0.2, -0.15) is 0 Å². The summed E-state index contributed by atoms with van der Waals surface area (Å²) in [6.45, 7) is 0. The summed E-state index contributed by atoms with van der Waals surface area (Å²) in [5.41, 5.74) is 21.9. The zero-order valence-corrected chi connectivity index (χ0v) is 20.9. The van der Waals surface area contributed by atoms with Crippen molar-refractivity contribution in [1.29, 1.82) is 0 Å². The van der Waals surface area contributed by atoms with Crippen LogP contribution in [0.25, 0.3) is 0 Å². The van der Waals surface area contributed by atoms with Crippen molar-refractivity contribution in [2.75, 3.05) is 0 Å². The largest absolute Gasteiger partial charge is 0.508 e. The summed E-state index contributed by atoms with van der Waals surface area (Å²) in [6.07, 6.45) is -2.06. The minimum atomic E-state index is -1.66. The van der Waals surface area contributed by atoms with Crippen molar-refractivity contribution >= 4 is 41.4 Å². The average Bonchev–Trinajstić information content (AvgIpc) is 2.84. The van der Waals surface area contributed by atoms with E-state index >= 15 is 0 Å². The molecule has 39 heavy (non-hydrogen) atoms. The maximum atomic E-state index is 13.0. The van der Waals surface area contributed by atoms with E-state index in [1.165, 1.54) is 12.1 Å². The third kappa shape index (κ3) is 12.4. The number of aromatic hydroxyl groups is 1. The molecule has 0 aromatic heterocycles. The molecule has 0 saturated carbocycles. The van der Waals surface area contributed by atoms with E-state index in [9.17, 15) is 43.8 Å². The topological polar surface area (TPSA) is 300 Å². The van der Waals surface area contributed by atoms with Crippen LogP contribution in [0.5, 0.6) is 5.75 Å². The van der Waals surface area contributed by atoms with Gasteiger partial charge in [0.25, 0.3) is 0 Å². The van der Waals surface area contributed by atoms with Crippen molar-refractivity contribution in [2.24, 2.45) is 22.9 Å². The van der Waals surface area contributed by atoms with Crippen LogP contribution >= 0.6 is 0 Å². The molecule has 13 N–H and O–H groups in total. The number of benzene rings is 1. The van der Waals surface area contributed by atoms with E-state index in [0.717, 1.165) is 0 Å². The summed E-state index contributed by atoms with van der Waals surface area (Å²) in [6, 6.07) is 0.0748. The predicted molar refractivity (Wildman–Crippen MR) is 134 cm³/mol. The normalized spacial score (nSPS) is 13.7. The van der Waals surface area contributed by atoms with Gasteiger partial charge >= 0.3 is 5.97 Å². The molecule has 0 spiro atoms. The van der Waals surface area contributed by atoms with Gasteiger partial charge in [-0.15, -0.1) is 0 Å². The van der Waals surface area contributed by atoms with E-state index in [0.29, 0.717) is 5.56 Å². The lowest BCUT2D eigenvalue weighted by atomic mass is 10.0. The van der Waals surface area contributed by atoms with Crippen LogP contribution in [-0.4, -0.2) is 75.8 Å². The highest BCUT2D eigenvalue weighted by atomic mass is 16.4. The second-order valence-electron chi connectivity index (χ2n) is 8.68. The summed E-state index contributed by atoms with van der Waals surface area (Å²) in [4.78, 5) is 83.6. The molecule has 16 heteroatoms. The van der Waals surface area contributed by atoms with Crippen LogP contribution in [0.15, 0.2) is 24.3 Å². The average molecular weight is 552 g/mol. The first-order valence-electron chi connectivity index (χ1n) is 11.7. The first-order chi connectivity index (χ1) is 18.2. The zero-order valence-electron chi connectivity index (χ0n) is 20.9. The fraction of sp³-hybridized carbons (Fsp3) is 0.435. The lowest BCUT2D eigenvalue weighted by Crippen LogP contribution is -2.58. The SMILES string of the molecule is NC(=O)CC[C@H](NC(=O)[C@H](CC(N)=O)NC(=O)[C@H](CCC(N)=O)NC(=O)[C@@H](N)Cc1ccc(O)cc1)C(=O)O. The van der Waals surface area contributed by atoms with Crippen molar-refractivity contribution in [1.82, 2.24) is 16.0 Å². The molecule has 0 aliphatic rings. The van der Waals surface area contributed by atoms with Gasteiger partial charge in [0.2, 0.25) is 35.4 Å². The Labute approximate surface area is 222 Å². The molecule has 1 aromatic rings.